The molecule has 2 saturated heterocycles. The van der Waals surface area contributed by atoms with Gasteiger partial charge in [-0.2, -0.15) is 5.26 Å². The van der Waals surface area contributed by atoms with Gasteiger partial charge in [0.25, 0.3) is 0 Å². The van der Waals surface area contributed by atoms with Crippen molar-refractivity contribution in [1.29, 1.82) is 5.26 Å². The minimum Gasteiger partial charge on any atom is -0.325 e. The molecule has 2 aliphatic rings. The van der Waals surface area contributed by atoms with E-state index in [4.69, 9.17) is 16.9 Å². The molecule has 0 N–H and O–H groups in total. The molecule has 7 nitrogen and oxygen atoms in total. The van der Waals surface area contributed by atoms with Crippen molar-refractivity contribution in [2.45, 2.75) is 45.7 Å². The number of nitrogens with zero attached hydrogens (tertiary/aromatic N) is 5. The summed E-state index contributed by atoms with van der Waals surface area (Å²) < 4.78 is 0. The second-order valence-electron chi connectivity index (χ2n) is 9.25. The van der Waals surface area contributed by atoms with Gasteiger partial charge in [0.1, 0.15) is 11.8 Å². The second kappa shape index (κ2) is 10.5. The van der Waals surface area contributed by atoms with Crippen LogP contribution in [0.25, 0.3) is 0 Å². The van der Waals surface area contributed by atoms with E-state index in [2.05, 4.69) is 16.8 Å². The minimum absolute atomic E-state index is 0.0593. The van der Waals surface area contributed by atoms with Crippen molar-refractivity contribution in [2.75, 3.05) is 32.7 Å². The lowest BCUT2D eigenvalue weighted by Gasteiger charge is -2.41. The van der Waals surface area contributed by atoms with Crippen LogP contribution in [0.2, 0.25) is 5.02 Å². The number of hydrogen-bond donors (Lipinski definition) is 0. The van der Waals surface area contributed by atoms with E-state index in [0.717, 1.165) is 62.3 Å². The van der Waals surface area contributed by atoms with Crippen LogP contribution in [0.3, 0.4) is 0 Å². The summed E-state index contributed by atoms with van der Waals surface area (Å²) in [4.78, 5) is 36.0. The number of nitriles is 1. The zero-order valence-corrected chi connectivity index (χ0v) is 20.5. The summed E-state index contributed by atoms with van der Waals surface area (Å²) in [6.45, 7) is 8.93. The van der Waals surface area contributed by atoms with Crippen molar-refractivity contribution in [3.63, 3.8) is 0 Å². The molecule has 2 aromatic rings. The molecule has 34 heavy (non-hydrogen) atoms. The molecular formula is C26H30ClN5O2. The smallest absolute Gasteiger partial charge is 0.320 e. The van der Waals surface area contributed by atoms with E-state index in [-0.39, 0.29) is 30.0 Å². The van der Waals surface area contributed by atoms with Gasteiger partial charge in [0, 0.05) is 68.5 Å². The molecule has 8 heteroatoms. The maximum atomic E-state index is 12.8. The fourth-order valence-corrected chi connectivity index (χ4v) is 5.10. The normalized spacial score (nSPS) is 18.7. The number of benzene rings is 1. The summed E-state index contributed by atoms with van der Waals surface area (Å²) in [7, 11) is 0. The number of rotatable bonds is 5. The summed E-state index contributed by atoms with van der Waals surface area (Å²) >= 11 is 6.44. The van der Waals surface area contributed by atoms with E-state index < -0.39 is 0 Å². The van der Waals surface area contributed by atoms with E-state index in [1.807, 2.05) is 34.9 Å². The van der Waals surface area contributed by atoms with Gasteiger partial charge in [-0.05, 0) is 67.6 Å². The maximum Gasteiger partial charge on any atom is 0.320 e. The number of aromatic nitrogens is 1. The predicted octanol–water partition coefficient (Wildman–Crippen LogP) is 4.06. The number of halogens is 1. The molecule has 0 bridgehead atoms. The Hall–Kier alpha value is -2.95. The maximum absolute atomic E-state index is 12.8. The molecule has 1 aromatic carbocycles. The molecule has 0 spiro atoms. The van der Waals surface area contributed by atoms with Gasteiger partial charge in [0.05, 0.1) is 0 Å². The van der Waals surface area contributed by atoms with E-state index in [1.165, 1.54) is 6.20 Å². The third-order valence-electron chi connectivity index (χ3n) is 6.87. The van der Waals surface area contributed by atoms with Gasteiger partial charge in [-0.3, -0.25) is 9.69 Å². The van der Waals surface area contributed by atoms with Gasteiger partial charge >= 0.3 is 6.03 Å². The molecule has 2 fully saturated rings. The molecule has 4 rings (SSSR count). The molecule has 0 radical (unpaired) electrons. The topological polar surface area (TPSA) is 80.5 Å². The number of Topliss-reactive ketones (excluding diaryl/α,β-unsaturated/α-hetero) is 1. The molecule has 1 aromatic heterocycles. The highest BCUT2D eigenvalue weighted by atomic mass is 35.5. The zero-order valence-electron chi connectivity index (χ0n) is 19.8. The van der Waals surface area contributed by atoms with Crippen molar-refractivity contribution >= 4 is 23.4 Å². The van der Waals surface area contributed by atoms with E-state index in [0.29, 0.717) is 17.1 Å². The quantitative estimate of drug-likeness (QED) is 0.604. The Morgan fingerprint density at radius 3 is 2.53 bits per heavy atom. The Morgan fingerprint density at radius 2 is 1.88 bits per heavy atom. The first kappa shape index (κ1) is 24.2. The number of ketones is 1. The lowest BCUT2D eigenvalue weighted by atomic mass is 9.96. The van der Waals surface area contributed by atoms with Crippen molar-refractivity contribution < 1.29 is 9.59 Å². The van der Waals surface area contributed by atoms with Crippen LogP contribution in [0.1, 0.15) is 52.5 Å². The van der Waals surface area contributed by atoms with Crippen LogP contribution >= 0.6 is 11.6 Å². The Bertz CT molecular complexity index is 1110. The van der Waals surface area contributed by atoms with Crippen LogP contribution in [0.5, 0.6) is 0 Å². The predicted molar refractivity (Wildman–Crippen MR) is 131 cm³/mol. The summed E-state index contributed by atoms with van der Waals surface area (Å²) in [5.41, 5.74) is 3.82. The number of carbonyl (C=O) groups is 2. The third kappa shape index (κ3) is 5.40. The van der Waals surface area contributed by atoms with Gasteiger partial charge in [0.15, 0.2) is 5.78 Å². The highest BCUT2D eigenvalue weighted by Crippen LogP contribution is 2.25. The summed E-state index contributed by atoms with van der Waals surface area (Å²) in [6, 6.07) is 9.29. The summed E-state index contributed by atoms with van der Waals surface area (Å²) in [5.74, 6) is -0.0593. The van der Waals surface area contributed by atoms with Crippen LogP contribution < -0.4 is 0 Å². The average Bonchev–Trinajstić information content (AvgIpc) is 3.37. The molecule has 1 atom stereocenters. The van der Waals surface area contributed by atoms with Gasteiger partial charge in [-0.15, -0.1) is 0 Å². The number of likely N-dealkylation sites (tertiary alicyclic amines) is 1. The van der Waals surface area contributed by atoms with Crippen molar-refractivity contribution in [3.8, 4) is 6.07 Å². The fourth-order valence-electron chi connectivity index (χ4n) is 4.84. The number of hydrogen-bond acceptors (Lipinski definition) is 5. The molecule has 2 aliphatic heterocycles. The van der Waals surface area contributed by atoms with Crippen molar-refractivity contribution in [1.82, 2.24) is 19.7 Å². The lowest BCUT2D eigenvalue weighted by molar-refractivity contribution is 0.0814. The Kier molecular flexibility index (Phi) is 7.50. The minimum atomic E-state index is -0.0593. The van der Waals surface area contributed by atoms with Gasteiger partial charge in [-0.25, -0.2) is 9.78 Å². The third-order valence-corrected chi connectivity index (χ3v) is 7.08. The Balaban J connectivity index is 1.42. The number of carbonyl (C=O) groups excluding carboxylic acids is 2. The number of urea groups is 1. The van der Waals surface area contributed by atoms with Crippen LogP contribution in [0.4, 0.5) is 4.79 Å². The largest absolute Gasteiger partial charge is 0.325 e. The van der Waals surface area contributed by atoms with E-state index in [9.17, 15) is 9.59 Å². The number of pyridine rings is 1. The van der Waals surface area contributed by atoms with Crippen molar-refractivity contribution in [2.24, 2.45) is 0 Å². The highest BCUT2D eigenvalue weighted by molar-refractivity contribution is 6.30. The average molecular weight is 480 g/mol. The lowest BCUT2D eigenvalue weighted by Crippen LogP contribution is -2.56. The first-order chi connectivity index (χ1) is 16.4. The highest BCUT2D eigenvalue weighted by Gasteiger charge is 2.31. The first-order valence-electron chi connectivity index (χ1n) is 11.8. The molecule has 2 amide bonds. The summed E-state index contributed by atoms with van der Waals surface area (Å²) in [6.07, 6.45) is 3.87. The van der Waals surface area contributed by atoms with Crippen molar-refractivity contribution in [3.05, 3.63) is 63.4 Å². The summed E-state index contributed by atoms with van der Waals surface area (Å²) in [5, 5.41) is 9.51. The molecular weight excluding hydrogens is 450 g/mol. The van der Waals surface area contributed by atoms with Crippen LogP contribution in [0, 0.1) is 18.3 Å². The van der Waals surface area contributed by atoms with Gasteiger partial charge < -0.3 is 9.80 Å². The van der Waals surface area contributed by atoms with Crippen LogP contribution in [0.15, 0.2) is 30.5 Å². The monoisotopic (exact) mass is 479 g/mol. The van der Waals surface area contributed by atoms with Gasteiger partial charge in [-0.1, -0.05) is 11.6 Å². The second-order valence-corrected chi connectivity index (χ2v) is 9.68. The molecule has 0 saturated carbocycles. The molecule has 0 unspecified atom stereocenters. The fraction of sp³-hybridized carbons (Fsp3) is 0.462. The van der Waals surface area contributed by atoms with Crippen LogP contribution in [-0.4, -0.2) is 70.3 Å². The first-order valence-corrected chi connectivity index (χ1v) is 12.2. The molecule has 0 aliphatic carbocycles. The molecule has 178 valence electrons. The van der Waals surface area contributed by atoms with Gasteiger partial charge in [0.2, 0.25) is 0 Å². The zero-order chi connectivity index (χ0) is 24.2. The Morgan fingerprint density at radius 1 is 1.15 bits per heavy atom. The number of amides is 2. The standard InChI is InChI=1S/C26H30ClN5O2/c1-18-16-30(9-10-32(18)26(34)31-7-3-4-8-31)17-22-12-23(27)11-21(19(22)2)13-25(33)20-5-6-24(14-28)29-15-20/h5-6,11-12,15,18H,3-4,7-10,13,16-17H2,1-2H3/t18-/m0/s1. The SMILES string of the molecule is Cc1c(CC(=O)c2ccc(C#N)nc2)cc(Cl)cc1CN1CCN(C(=O)N2CCCC2)[C@@H](C)C1. The van der Waals surface area contributed by atoms with E-state index >= 15 is 0 Å². The Labute approximate surface area is 205 Å². The van der Waals surface area contributed by atoms with Crippen LogP contribution in [-0.2, 0) is 13.0 Å². The number of piperazine rings is 1. The van der Waals surface area contributed by atoms with E-state index in [1.54, 1.807) is 12.1 Å². The molecule has 3 heterocycles.